The molecule has 1 saturated carbocycles. The molecule has 1 atom stereocenters. The minimum absolute atomic E-state index is 0.117. The molecule has 1 N–H and O–H groups in total. The molecule has 1 fully saturated rings. The van der Waals surface area contributed by atoms with Gasteiger partial charge in [-0.15, -0.1) is 0 Å². The number of carboxylic acid groups (broad SMARTS) is 1. The maximum Gasteiger partial charge on any atom is 0.308 e. The van der Waals surface area contributed by atoms with Crippen LogP contribution < -0.4 is 0 Å². The van der Waals surface area contributed by atoms with Crippen molar-refractivity contribution in [2.45, 2.75) is 39.7 Å². The minimum Gasteiger partial charge on any atom is -0.481 e. The lowest BCUT2D eigenvalue weighted by Crippen LogP contribution is -2.38. The van der Waals surface area contributed by atoms with Gasteiger partial charge in [-0.3, -0.25) is 9.59 Å². The van der Waals surface area contributed by atoms with E-state index in [0.717, 1.165) is 24.4 Å². The average molecular weight is 342 g/mol. The zero-order chi connectivity index (χ0) is 18.1. The largest absolute Gasteiger partial charge is 0.481 e. The van der Waals surface area contributed by atoms with E-state index in [2.05, 4.69) is 10.1 Å². The summed E-state index contributed by atoms with van der Waals surface area (Å²) in [5, 5.41) is 13.5. The number of hydrogen-bond acceptors (Lipinski definition) is 4. The highest BCUT2D eigenvalue weighted by Gasteiger charge is 2.34. The van der Waals surface area contributed by atoms with Crippen LogP contribution in [0.5, 0.6) is 0 Å². The van der Waals surface area contributed by atoms with Gasteiger partial charge in [-0.2, -0.15) is 5.10 Å². The molecule has 1 aliphatic carbocycles. The first kappa shape index (κ1) is 17.1. The van der Waals surface area contributed by atoms with E-state index in [1.165, 1.54) is 0 Å². The number of carbonyl (C=O) groups excluding carboxylic acids is 1. The molecule has 0 radical (unpaired) electrons. The number of aromatic nitrogens is 3. The third kappa shape index (κ3) is 3.70. The highest BCUT2D eigenvalue weighted by atomic mass is 16.4. The van der Waals surface area contributed by atoms with Gasteiger partial charge in [0.05, 0.1) is 11.6 Å². The molecule has 7 nitrogen and oxygen atoms in total. The van der Waals surface area contributed by atoms with Crippen LogP contribution in [-0.4, -0.2) is 49.2 Å². The Kier molecular flexibility index (Phi) is 4.57. The molecule has 1 unspecified atom stereocenters. The smallest absolute Gasteiger partial charge is 0.308 e. The molecule has 0 bridgehead atoms. The fourth-order valence-electron chi connectivity index (χ4n) is 2.83. The van der Waals surface area contributed by atoms with Crippen LogP contribution in [0.25, 0.3) is 5.69 Å². The number of aliphatic carboxylic acids is 1. The quantitative estimate of drug-likeness (QED) is 0.869. The Morgan fingerprint density at radius 1 is 1.28 bits per heavy atom. The number of amides is 1. The minimum atomic E-state index is -0.883. The summed E-state index contributed by atoms with van der Waals surface area (Å²) < 4.78 is 1.73. The summed E-state index contributed by atoms with van der Waals surface area (Å²) in [7, 11) is 0. The van der Waals surface area contributed by atoms with Crippen LogP contribution >= 0.6 is 0 Å². The topological polar surface area (TPSA) is 88.3 Å². The predicted molar refractivity (Wildman–Crippen MR) is 91.7 cm³/mol. The summed E-state index contributed by atoms with van der Waals surface area (Å²) in [5.74, 6) is -0.101. The van der Waals surface area contributed by atoms with Crippen molar-refractivity contribution in [3.05, 3.63) is 41.5 Å². The van der Waals surface area contributed by atoms with E-state index >= 15 is 0 Å². The van der Waals surface area contributed by atoms with Crippen LogP contribution in [-0.2, 0) is 4.79 Å². The number of aryl methyl sites for hydroxylation is 2. The van der Waals surface area contributed by atoms with E-state index in [4.69, 9.17) is 5.11 Å². The van der Waals surface area contributed by atoms with Crippen molar-refractivity contribution in [3.63, 3.8) is 0 Å². The summed E-state index contributed by atoms with van der Waals surface area (Å²) >= 11 is 0. The number of benzene rings is 1. The van der Waals surface area contributed by atoms with Crippen molar-refractivity contribution in [1.29, 1.82) is 0 Å². The lowest BCUT2D eigenvalue weighted by molar-refractivity contribution is -0.141. The monoisotopic (exact) mass is 342 g/mol. The van der Waals surface area contributed by atoms with Gasteiger partial charge in [0.25, 0.3) is 5.91 Å². The second-order valence-corrected chi connectivity index (χ2v) is 6.59. The van der Waals surface area contributed by atoms with Gasteiger partial charge < -0.3 is 10.0 Å². The molecule has 7 heteroatoms. The number of nitrogens with zero attached hydrogens (tertiary/aromatic N) is 4. The highest BCUT2D eigenvalue weighted by molar-refractivity contribution is 5.95. The molecular formula is C18H22N4O3. The van der Waals surface area contributed by atoms with E-state index < -0.39 is 11.9 Å². The van der Waals surface area contributed by atoms with Crippen LogP contribution in [0.15, 0.2) is 24.3 Å². The Balaban J connectivity index is 1.79. The fourth-order valence-corrected chi connectivity index (χ4v) is 2.83. The Hall–Kier alpha value is -2.70. The zero-order valence-electron chi connectivity index (χ0n) is 14.6. The molecule has 1 aliphatic rings. The van der Waals surface area contributed by atoms with Crippen LogP contribution in [0.2, 0.25) is 0 Å². The van der Waals surface area contributed by atoms with Crippen molar-refractivity contribution in [2.24, 2.45) is 5.92 Å². The van der Waals surface area contributed by atoms with Gasteiger partial charge in [0.2, 0.25) is 0 Å². The Bertz CT molecular complexity index is 793. The van der Waals surface area contributed by atoms with E-state index in [1.54, 1.807) is 28.6 Å². The Labute approximate surface area is 146 Å². The van der Waals surface area contributed by atoms with E-state index in [9.17, 15) is 9.59 Å². The Morgan fingerprint density at radius 2 is 1.92 bits per heavy atom. The average Bonchev–Trinajstić information content (AvgIpc) is 3.36. The first-order chi connectivity index (χ1) is 11.9. The summed E-state index contributed by atoms with van der Waals surface area (Å²) in [5.41, 5.74) is 1.40. The first-order valence-corrected chi connectivity index (χ1v) is 8.41. The highest BCUT2D eigenvalue weighted by Crippen LogP contribution is 2.29. The normalized spacial score (nSPS) is 15.0. The second kappa shape index (κ2) is 6.66. The summed E-state index contributed by atoms with van der Waals surface area (Å²) in [4.78, 5) is 29.9. The van der Waals surface area contributed by atoms with E-state index in [-0.39, 0.29) is 18.5 Å². The lowest BCUT2D eigenvalue weighted by atomic mass is 10.1. The molecule has 132 valence electrons. The van der Waals surface area contributed by atoms with Gasteiger partial charge >= 0.3 is 5.97 Å². The summed E-state index contributed by atoms with van der Waals surface area (Å²) in [6.45, 7) is 5.57. The molecule has 3 rings (SSSR count). The van der Waals surface area contributed by atoms with Gasteiger partial charge in [0, 0.05) is 18.2 Å². The number of rotatable bonds is 6. The van der Waals surface area contributed by atoms with Gasteiger partial charge in [-0.05, 0) is 51.0 Å². The van der Waals surface area contributed by atoms with Crippen molar-refractivity contribution < 1.29 is 14.7 Å². The standard InChI is InChI=1S/C18H22N4O3/c1-11(18(24)25)10-21(15-8-9-15)17(23)14-4-6-16(7-5-14)22-13(3)19-12(2)20-22/h4-7,11,15H,8-10H2,1-3H3,(H,24,25). The molecule has 1 amide bonds. The van der Waals surface area contributed by atoms with Crippen molar-refractivity contribution in [2.75, 3.05) is 6.54 Å². The molecular weight excluding hydrogens is 320 g/mol. The fraction of sp³-hybridized carbons (Fsp3) is 0.444. The third-order valence-electron chi connectivity index (χ3n) is 4.37. The van der Waals surface area contributed by atoms with Gasteiger partial charge in [0.1, 0.15) is 11.6 Å². The lowest BCUT2D eigenvalue weighted by Gasteiger charge is -2.24. The predicted octanol–water partition coefficient (Wildman–Crippen LogP) is 2.21. The molecule has 0 spiro atoms. The van der Waals surface area contributed by atoms with Gasteiger partial charge in [0.15, 0.2) is 0 Å². The van der Waals surface area contributed by atoms with Gasteiger partial charge in [-0.25, -0.2) is 9.67 Å². The molecule has 1 heterocycles. The number of carbonyl (C=O) groups is 2. The van der Waals surface area contributed by atoms with Crippen molar-refractivity contribution in [1.82, 2.24) is 19.7 Å². The van der Waals surface area contributed by atoms with E-state index in [0.29, 0.717) is 11.4 Å². The van der Waals surface area contributed by atoms with Crippen LogP contribution in [0, 0.1) is 19.8 Å². The maximum atomic E-state index is 12.8. The summed E-state index contributed by atoms with van der Waals surface area (Å²) in [6, 6.07) is 7.35. The second-order valence-electron chi connectivity index (χ2n) is 6.59. The Morgan fingerprint density at radius 3 is 2.40 bits per heavy atom. The van der Waals surface area contributed by atoms with Crippen LogP contribution in [0.3, 0.4) is 0 Å². The molecule has 1 aromatic carbocycles. The molecule has 1 aromatic heterocycles. The maximum absolute atomic E-state index is 12.8. The van der Waals surface area contributed by atoms with Crippen molar-refractivity contribution in [3.8, 4) is 5.69 Å². The number of carboxylic acids is 1. The third-order valence-corrected chi connectivity index (χ3v) is 4.37. The van der Waals surface area contributed by atoms with Crippen LogP contribution in [0.1, 0.15) is 41.8 Å². The zero-order valence-corrected chi connectivity index (χ0v) is 14.6. The SMILES string of the molecule is Cc1nc(C)n(-c2ccc(C(=O)N(CC(C)C(=O)O)C3CC3)cc2)n1. The number of hydrogen-bond donors (Lipinski definition) is 1. The van der Waals surface area contributed by atoms with Crippen LogP contribution in [0.4, 0.5) is 0 Å². The molecule has 0 aliphatic heterocycles. The molecule has 25 heavy (non-hydrogen) atoms. The first-order valence-electron chi connectivity index (χ1n) is 8.41. The van der Waals surface area contributed by atoms with E-state index in [1.807, 2.05) is 26.0 Å². The van der Waals surface area contributed by atoms with Gasteiger partial charge in [-0.1, -0.05) is 6.92 Å². The molecule has 0 saturated heterocycles. The van der Waals surface area contributed by atoms with Crippen molar-refractivity contribution >= 4 is 11.9 Å². The summed E-state index contributed by atoms with van der Waals surface area (Å²) in [6.07, 6.45) is 1.88. The molecule has 2 aromatic rings.